The van der Waals surface area contributed by atoms with Crippen molar-refractivity contribution in [2.45, 2.75) is 30.6 Å². The number of thioether (sulfide) groups is 1. The van der Waals surface area contributed by atoms with Gasteiger partial charge in [0.1, 0.15) is 0 Å². The molecule has 1 amide bonds. The van der Waals surface area contributed by atoms with Crippen LogP contribution in [0.25, 0.3) is 11.4 Å². The van der Waals surface area contributed by atoms with Crippen molar-refractivity contribution < 1.29 is 9.53 Å². The number of hydrogen-bond donors (Lipinski definition) is 1. The Labute approximate surface area is 198 Å². The molecule has 1 aliphatic rings. The largest absolute Gasteiger partial charge is 0.376 e. The lowest BCUT2D eigenvalue weighted by molar-refractivity contribution is -0.113. The van der Waals surface area contributed by atoms with Gasteiger partial charge in [0.15, 0.2) is 16.8 Å². The molecule has 0 unspecified atom stereocenters. The number of amides is 1. The van der Waals surface area contributed by atoms with Crippen LogP contribution >= 0.6 is 46.6 Å². The van der Waals surface area contributed by atoms with Crippen LogP contribution in [-0.2, 0) is 16.1 Å². The standard InChI is InChI=1S/C20H18Cl3N5O2S/c21-13-5-3-12(4-6-13)19-26-27-20(28(19)10-15-2-1-7-30-15)31-11-17(29)25-18-16(23)8-14(22)9-24-18/h3-6,8-9,15H,1-2,7,10-11H2,(H,24,25,29)/t15-/m1/s1. The van der Waals surface area contributed by atoms with Crippen molar-refractivity contribution in [3.8, 4) is 11.4 Å². The third-order valence-electron chi connectivity index (χ3n) is 4.63. The van der Waals surface area contributed by atoms with E-state index in [9.17, 15) is 4.79 Å². The molecule has 11 heteroatoms. The first-order chi connectivity index (χ1) is 15.0. The number of benzene rings is 1. The summed E-state index contributed by atoms with van der Waals surface area (Å²) in [6.45, 7) is 1.36. The molecule has 0 saturated carbocycles. The monoisotopic (exact) mass is 497 g/mol. The highest BCUT2D eigenvalue weighted by atomic mass is 35.5. The van der Waals surface area contributed by atoms with Crippen LogP contribution in [0, 0.1) is 0 Å². The van der Waals surface area contributed by atoms with Gasteiger partial charge in [-0.25, -0.2) is 4.98 Å². The Balaban J connectivity index is 1.50. The van der Waals surface area contributed by atoms with Crippen LogP contribution < -0.4 is 5.32 Å². The highest BCUT2D eigenvalue weighted by Crippen LogP contribution is 2.28. The zero-order valence-corrected chi connectivity index (χ0v) is 19.3. The number of nitrogens with one attached hydrogen (secondary N) is 1. The zero-order valence-electron chi connectivity index (χ0n) is 16.2. The van der Waals surface area contributed by atoms with E-state index < -0.39 is 0 Å². The summed E-state index contributed by atoms with van der Waals surface area (Å²) in [6.07, 6.45) is 3.52. The first-order valence-electron chi connectivity index (χ1n) is 9.54. The van der Waals surface area contributed by atoms with E-state index in [-0.39, 0.29) is 28.6 Å². The van der Waals surface area contributed by atoms with Gasteiger partial charge < -0.3 is 10.1 Å². The van der Waals surface area contributed by atoms with Crippen LogP contribution in [0.4, 0.5) is 5.82 Å². The third-order valence-corrected chi connectivity index (χ3v) is 6.34. The minimum Gasteiger partial charge on any atom is -0.376 e. The minimum absolute atomic E-state index is 0.0901. The van der Waals surface area contributed by atoms with E-state index in [4.69, 9.17) is 39.5 Å². The molecule has 1 saturated heterocycles. The molecule has 1 N–H and O–H groups in total. The number of anilines is 1. The Morgan fingerprint density at radius 3 is 2.71 bits per heavy atom. The van der Waals surface area contributed by atoms with Gasteiger partial charge in [0.2, 0.25) is 5.91 Å². The van der Waals surface area contributed by atoms with Gasteiger partial charge >= 0.3 is 0 Å². The molecular formula is C20H18Cl3N5O2S. The van der Waals surface area contributed by atoms with Crippen molar-refractivity contribution in [2.24, 2.45) is 0 Å². The van der Waals surface area contributed by atoms with Crippen molar-refractivity contribution in [3.63, 3.8) is 0 Å². The van der Waals surface area contributed by atoms with E-state index in [1.165, 1.54) is 24.0 Å². The summed E-state index contributed by atoms with van der Waals surface area (Å²) < 4.78 is 7.79. The lowest BCUT2D eigenvalue weighted by Gasteiger charge is -2.14. The highest BCUT2D eigenvalue weighted by Gasteiger charge is 2.22. The number of carbonyl (C=O) groups is 1. The molecule has 31 heavy (non-hydrogen) atoms. The van der Waals surface area contributed by atoms with Gasteiger partial charge in [-0.1, -0.05) is 46.6 Å². The van der Waals surface area contributed by atoms with Crippen LogP contribution in [0.2, 0.25) is 15.1 Å². The van der Waals surface area contributed by atoms with Gasteiger partial charge in [-0.05, 0) is 43.2 Å². The first kappa shape index (κ1) is 22.4. The SMILES string of the molecule is O=C(CSc1nnc(-c2ccc(Cl)cc2)n1C[C@H]1CCCO1)Nc1ncc(Cl)cc1Cl. The lowest BCUT2D eigenvalue weighted by Crippen LogP contribution is -2.18. The van der Waals surface area contributed by atoms with Gasteiger partial charge in [0, 0.05) is 23.4 Å². The topological polar surface area (TPSA) is 81.9 Å². The zero-order chi connectivity index (χ0) is 21.8. The van der Waals surface area contributed by atoms with E-state index in [0.717, 1.165) is 25.0 Å². The Hall–Kier alpha value is -1.84. The molecule has 3 aromatic rings. The van der Waals surface area contributed by atoms with Crippen LogP contribution in [0.1, 0.15) is 12.8 Å². The molecule has 0 radical (unpaired) electrons. The second-order valence-electron chi connectivity index (χ2n) is 6.88. The molecule has 7 nitrogen and oxygen atoms in total. The Morgan fingerprint density at radius 2 is 2.00 bits per heavy atom. The van der Waals surface area contributed by atoms with Gasteiger partial charge in [-0.3, -0.25) is 9.36 Å². The molecule has 3 heterocycles. The molecule has 0 spiro atoms. The molecule has 162 valence electrons. The lowest BCUT2D eigenvalue weighted by atomic mass is 10.2. The predicted octanol–water partition coefficient (Wildman–Crippen LogP) is 5.21. The summed E-state index contributed by atoms with van der Waals surface area (Å²) in [5, 5.41) is 13.3. The first-order valence-corrected chi connectivity index (χ1v) is 11.7. The summed E-state index contributed by atoms with van der Waals surface area (Å²) in [5.41, 5.74) is 0.892. The van der Waals surface area contributed by atoms with Crippen LogP contribution in [0.5, 0.6) is 0 Å². The summed E-state index contributed by atoms with van der Waals surface area (Å²) in [7, 11) is 0. The van der Waals surface area contributed by atoms with Crippen molar-refractivity contribution in [1.82, 2.24) is 19.7 Å². The number of pyridine rings is 1. The van der Waals surface area contributed by atoms with E-state index in [1.807, 2.05) is 28.8 Å². The summed E-state index contributed by atoms with van der Waals surface area (Å²) in [5.74, 6) is 0.823. The van der Waals surface area contributed by atoms with Crippen LogP contribution in [0.3, 0.4) is 0 Å². The fourth-order valence-electron chi connectivity index (χ4n) is 3.17. The average molecular weight is 499 g/mol. The molecular weight excluding hydrogens is 481 g/mol. The van der Waals surface area contributed by atoms with E-state index in [1.54, 1.807) is 0 Å². The maximum absolute atomic E-state index is 12.4. The third kappa shape index (κ3) is 5.70. The van der Waals surface area contributed by atoms with E-state index in [0.29, 0.717) is 27.6 Å². The highest BCUT2D eigenvalue weighted by molar-refractivity contribution is 7.99. The van der Waals surface area contributed by atoms with E-state index >= 15 is 0 Å². The molecule has 0 bridgehead atoms. The fourth-order valence-corrected chi connectivity index (χ4v) is 4.47. The van der Waals surface area contributed by atoms with Crippen molar-refractivity contribution in [2.75, 3.05) is 17.7 Å². The second kappa shape index (κ2) is 10.2. The number of ether oxygens (including phenoxy) is 1. The molecule has 2 aromatic heterocycles. The number of rotatable bonds is 7. The minimum atomic E-state index is -0.263. The Morgan fingerprint density at radius 1 is 1.19 bits per heavy atom. The number of aromatic nitrogens is 4. The normalized spacial score (nSPS) is 15.9. The van der Waals surface area contributed by atoms with Crippen molar-refractivity contribution in [3.05, 3.63) is 51.6 Å². The smallest absolute Gasteiger partial charge is 0.236 e. The van der Waals surface area contributed by atoms with E-state index in [2.05, 4.69) is 20.5 Å². The maximum atomic E-state index is 12.4. The summed E-state index contributed by atoms with van der Waals surface area (Å²) in [4.78, 5) is 16.5. The quantitative estimate of drug-likeness (QED) is 0.450. The molecule has 4 rings (SSSR count). The average Bonchev–Trinajstić information content (AvgIpc) is 3.40. The number of hydrogen-bond acceptors (Lipinski definition) is 6. The van der Waals surface area contributed by atoms with Crippen LogP contribution in [-0.4, -0.2) is 44.1 Å². The van der Waals surface area contributed by atoms with Gasteiger partial charge in [0.25, 0.3) is 0 Å². The molecule has 1 aliphatic heterocycles. The van der Waals surface area contributed by atoms with Gasteiger partial charge in [-0.15, -0.1) is 10.2 Å². The molecule has 1 atom stereocenters. The van der Waals surface area contributed by atoms with Crippen LogP contribution in [0.15, 0.2) is 41.7 Å². The summed E-state index contributed by atoms with van der Waals surface area (Å²) in [6, 6.07) is 8.94. The molecule has 1 fully saturated rings. The summed E-state index contributed by atoms with van der Waals surface area (Å²) >= 11 is 19.2. The number of nitrogens with zero attached hydrogens (tertiary/aromatic N) is 4. The Kier molecular flexibility index (Phi) is 7.35. The predicted molar refractivity (Wildman–Crippen MR) is 123 cm³/mol. The van der Waals surface area contributed by atoms with Crippen molar-refractivity contribution >= 4 is 58.3 Å². The maximum Gasteiger partial charge on any atom is 0.236 e. The second-order valence-corrected chi connectivity index (χ2v) is 9.10. The molecule has 1 aromatic carbocycles. The van der Waals surface area contributed by atoms with Gasteiger partial charge in [0.05, 0.1) is 28.4 Å². The Bertz CT molecular complexity index is 1070. The number of carbonyl (C=O) groups excluding carboxylic acids is 1. The van der Waals surface area contributed by atoms with Gasteiger partial charge in [-0.2, -0.15) is 0 Å². The van der Waals surface area contributed by atoms with Crippen molar-refractivity contribution in [1.29, 1.82) is 0 Å². The number of halogens is 3. The molecule has 0 aliphatic carbocycles. The fraction of sp³-hybridized carbons (Fsp3) is 0.300.